The monoisotopic (exact) mass is 343 g/mol. The Labute approximate surface area is 148 Å². The minimum atomic E-state index is -0.576. The summed E-state index contributed by atoms with van der Waals surface area (Å²) in [6, 6.07) is 13.3. The van der Waals surface area contributed by atoms with Crippen LogP contribution in [-0.4, -0.2) is 32.3 Å². The maximum atomic E-state index is 12.1. The van der Waals surface area contributed by atoms with E-state index in [-0.39, 0.29) is 5.91 Å². The number of carbonyl (C=O) groups is 1. The summed E-state index contributed by atoms with van der Waals surface area (Å²) in [7, 11) is 1.59. The summed E-state index contributed by atoms with van der Waals surface area (Å²) in [4.78, 5) is 12.1. The highest BCUT2D eigenvalue weighted by Gasteiger charge is 2.14. The van der Waals surface area contributed by atoms with Crippen molar-refractivity contribution in [1.29, 1.82) is 0 Å². The van der Waals surface area contributed by atoms with Crippen LogP contribution in [0.3, 0.4) is 0 Å². The van der Waals surface area contributed by atoms with E-state index in [9.17, 15) is 4.79 Å². The summed E-state index contributed by atoms with van der Waals surface area (Å²) in [6.07, 6.45) is -0.576. The molecule has 2 rings (SSSR count). The fourth-order valence-corrected chi connectivity index (χ4v) is 2.48. The largest absolute Gasteiger partial charge is 0.493 e. The lowest BCUT2D eigenvalue weighted by molar-refractivity contribution is -0.127. The highest BCUT2D eigenvalue weighted by Crippen LogP contribution is 2.25. The van der Waals surface area contributed by atoms with Crippen LogP contribution in [0.1, 0.15) is 18.1 Å². The Kier molecular flexibility index (Phi) is 6.69. The van der Waals surface area contributed by atoms with Crippen molar-refractivity contribution < 1.29 is 19.0 Å². The Balaban J connectivity index is 1.77. The number of rotatable bonds is 8. The van der Waals surface area contributed by atoms with E-state index in [4.69, 9.17) is 14.2 Å². The molecule has 134 valence electrons. The molecular formula is C20H25NO4. The number of methoxy groups -OCH3 is 1. The third kappa shape index (κ3) is 5.71. The van der Waals surface area contributed by atoms with Crippen LogP contribution in [0.15, 0.2) is 42.5 Å². The van der Waals surface area contributed by atoms with Crippen molar-refractivity contribution in [3.8, 4) is 17.2 Å². The number of carbonyl (C=O) groups excluding carboxylic acids is 1. The van der Waals surface area contributed by atoms with Gasteiger partial charge in [0.2, 0.25) is 0 Å². The van der Waals surface area contributed by atoms with Gasteiger partial charge in [-0.25, -0.2) is 0 Å². The Morgan fingerprint density at radius 3 is 2.36 bits per heavy atom. The Bertz CT molecular complexity index is 694. The summed E-state index contributed by atoms with van der Waals surface area (Å²) >= 11 is 0. The zero-order chi connectivity index (χ0) is 18.2. The molecule has 0 fully saturated rings. The second-order valence-corrected chi connectivity index (χ2v) is 5.87. The van der Waals surface area contributed by atoms with E-state index >= 15 is 0 Å². The van der Waals surface area contributed by atoms with Gasteiger partial charge in [-0.15, -0.1) is 0 Å². The summed E-state index contributed by atoms with van der Waals surface area (Å²) in [6.45, 7) is 6.47. The third-order valence-electron chi connectivity index (χ3n) is 3.61. The lowest BCUT2D eigenvalue weighted by Crippen LogP contribution is -2.38. The molecule has 0 saturated heterocycles. The minimum Gasteiger partial charge on any atom is -0.493 e. The maximum Gasteiger partial charge on any atom is 0.260 e. The van der Waals surface area contributed by atoms with Crippen LogP contribution < -0.4 is 19.5 Å². The predicted molar refractivity (Wildman–Crippen MR) is 97.5 cm³/mol. The highest BCUT2D eigenvalue weighted by atomic mass is 16.5. The van der Waals surface area contributed by atoms with E-state index in [1.165, 1.54) is 0 Å². The fraction of sp³-hybridized carbons (Fsp3) is 0.350. The van der Waals surface area contributed by atoms with Crippen LogP contribution in [0.4, 0.5) is 0 Å². The molecule has 5 nitrogen and oxygen atoms in total. The third-order valence-corrected chi connectivity index (χ3v) is 3.61. The first-order valence-corrected chi connectivity index (χ1v) is 8.28. The molecule has 0 saturated carbocycles. The van der Waals surface area contributed by atoms with Gasteiger partial charge in [0.05, 0.1) is 13.7 Å². The molecule has 2 aromatic rings. The first kappa shape index (κ1) is 18.6. The smallest absolute Gasteiger partial charge is 0.260 e. The molecule has 5 heteroatoms. The topological polar surface area (TPSA) is 56.8 Å². The lowest BCUT2D eigenvalue weighted by atomic mass is 10.1. The molecule has 0 aliphatic rings. The molecule has 0 unspecified atom stereocenters. The zero-order valence-corrected chi connectivity index (χ0v) is 15.2. The van der Waals surface area contributed by atoms with Crippen LogP contribution in [-0.2, 0) is 4.79 Å². The number of nitrogens with one attached hydrogen (secondary N) is 1. The molecule has 0 spiro atoms. The number of amides is 1. The van der Waals surface area contributed by atoms with E-state index in [1.807, 2.05) is 50.2 Å². The number of hydrogen-bond donors (Lipinski definition) is 1. The summed E-state index contributed by atoms with van der Waals surface area (Å²) in [5, 5.41) is 2.81. The molecule has 1 amide bonds. The summed E-state index contributed by atoms with van der Waals surface area (Å²) in [5.74, 6) is 1.84. The van der Waals surface area contributed by atoms with Crippen LogP contribution in [0, 0.1) is 13.8 Å². The summed E-state index contributed by atoms with van der Waals surface area (Å²) < 4.78 is 16.6. The first-order chi connectivity index (χ1) is 12.0. The van der Waals surface area contributed by atoms with E-state index in [1.54, 1.807) is 14.0 Å². The highest BCUT2D eigenvalue weighted by molar-refractivity contribution is 5.80. The van der Waals surface area contributed by atoms with Gasteiger partial charge in [0.1, 0.15) is 12.4 Å². The molecule has 25 heavy (non-hydrogen) atoms. The predicted octanol–water partition coefficient (Wildman–Crippen LogP) is 3.27. The molecule has 0 bridgehead atoms. The van der Waals surface area contributed by atoms with E-state index in [0.717, 1.165) is 11.1 Å². The lowest BCUT2D eigenvalue weighted by Gasteiger charge is -2.16. The molecule has 0 radical (unpaired) electrons. The van der Waals surface area contributed by atoms with Crippen LogP contribution in [0.5, 0.6) is 17.2 Å². The van der Waals surface area contributed by atoms with Gasteiger partial charge in [0, 0.05) is 0 Å². The molecule has 0 aromatic heterocycles. The van der Waals surface area contributed by atoms with E-state index < -0.39 is 6.10 Å². The zero-order valence-electron chi connectivity index (χ0n) is 15.2. The van der Waals surface area contributed by atoms with Gasteiger partial charge in [-0.2, -0.15) is 0 Å². The van der Waals surface area contributed by atoms with Gasteiger partial charge in [-0.1, -0.05) is 18.2 Å². The maximum absolute atomic E-state index is 12.1. The van der Waals surface area contributed by atoms with Crippen molar-refractivity contribution in [3.05, 3.63) is 53.6 Å². The molecule has 1 atom stereocenters. The van der Waals surface area contributed by atoms with Crippen molar-refractivity contribution in [2.24, 2.45) is 0 Å². The van der Waals surface area contributed by atoms with Crippen LogP contribution in [0.25, 0.3) is 0 Å². The van der Waals surface area contributed by atoms with Gasteiger partial charge < -0.3 is 19.5 Å². The summed E-state index contributed by atoms with van der Waals surface area (Å²) in [5.41, 5.74) is 2.21. The average molecular weight is 343 g/mol. The van der Waals surface area contributed by atoms with Crippen molar-refractivity contribution >= 4 is 5.91 Å². The Morgan fingerprint density at radius 2 is 1.72 bits per heavy atom. The standard InChI is InChI=1S/C20H25NO4/c1-14-11-15(2)13-17(12-14)25-16(3)20(22)21-9-10-24-19-8-6-5-7-18(19)23-4/h5-8,11-13,16H,9-10H2,1-4H3,(H,21,22)/t16-/m1/s1. The normalized spacial score (nSPS) is 11.5. The van der Waals surface area contributed by atoms with Crippen molar-refractivity contribution in [1.82, 2.24) is 5.32 Å². The van der Waals surface area contributed by atoms with Gasteiger partial charge >= 0.3 is 0 Å². The molecule has 0 aliphatic carbocycles. The van der Waals surface area contributed by atoms with Crippen LogP contribution in [0.2, 0.25) is 0 Å². The number of aryl methyl sites for hydroxylation is 2. The van der Waals surface area contributed by atoms with Gasteiger partial charge in [-0.3, -0.25) is 4.79 Å². The SMILES string of the molecule is COc1ccccc1OCCNC(=O)[C@@H](C)Oc1cc(C)cc(C)c1. The molecule has 0 aliphatic heterocycles. The molecule has 2 aromatic carbocycles. The molecule has 1 N–H and O–H groups in total. The Hall–Kier alpha value is -2.69. The van der Waals surface area contributed by atoms with Gasteiger partial charge in [0.25, 0.3) is 5.91 Å². The van der Waals surface area contributed by atoms with Crippen molar-refractivity contribution in [2.45, 2.75) is 26.9 Å². The number of para-hydroxylation sites is 2. The first-order valence-electron chi connectivity index (χ1n) is 8.28. The van der Waals surface area contributed by atoms with E-state index in [0.29, 0.717) is 30.4 Å². The second kappa shape index (κ2) is 8.97. The van der Waals surface area contributed by atoms with Crippen molar-refractivity contribution in [3.63, 3.8) is 0 Å². The fourth-order valence-electron chi connectivity index (χ4n) is 2.48. The molecular weight excluding hydrogens is 318 g/mol. The quantitative estimate of drug-likeness (QED) is 0.748. The number of ether oxygens (including phenoxy) is 3. The van der Waals surface area contributed by atoms with Crippen LogP contribution >= 0.6 is 0 Å². The second-order valence-electron chi connectivity index (χ2n) is 5.87. The Morgan fingerprint density at radius 1 is 1.08 bits per heavy atom. The number of benzene rings is 2. The van der Waals surface area contributed by atoms with Gasteiger partial charge in [-0.05, 0) is 56.2 Å². The van der Waals surface area contributed by atoms with Gasteiger partial charge in [0.15, 0.2) is 17.6 Å². The van der Waals surface area contributed by atoms with E-state index in [2.05, 4.69) is 11.4 Å². The minimum absolute atomic E-state index is 0.178. The molecule has 0 heterocycles. The van der Waals surface area contributed by atoms with Crippen molar-refractivity contribution in [2.75, 3.05) is 20.3 Å². The number of hydrogen-bond acceptors (Lipinski definition) is 4. The average Bonchev–Trinajstić information content (AvgIpc) is 2.57.